The van der Waals surface area contributed by atoms with Crippen molar-refractivity contribution in [2.45, 2.75) is 32.7 Å². The summed E-state index contributed by atoms with van der Waals surface area (Å²) in [5.41, 5.74) is 2.88. The minimum absolute atomic E-state index is 0.0908. The first-order chi connectivity index (χ1) is 10.3. The molecule has 0 radical (unpaired) electrons. The standard InChI is InChI=1S/C17H20N2O2/c1-3-9-18-14(17-12(2)8-10-20-17)11-16-19-13-6-4-5-7-15(13)21-16/h4-8,10,14,18H,3,9,11H2,1-2H3. The van der Waals surface area contributed by atoms with Gasteiger partial charge in [-0.25, -0.2) is 4.98 Å². The Hall–Kier alpha value is -2.07. The quantitative estimate of drug-likeness (QED) is 0.743. The molecule has 1 aromatic carbocycles. The summed E-state index contributed by atoms with van der Waals surface area (Å²) in [4.78, 5) is 4.55. The molecule has 2 aromatic heterocycles. The van der Waals surface area contributed by atoms with Crippen molar-refractivity contribution >= 4 is 11.1 Å². The van der Waals surface area contributed by atoms with E-state index in [1.54, 1.807) is 6.26 Å². The smallest absolute Gasteiger partial charge is 0.197 e. The third-order valence-electron chi connectivity index (χ3n) is 3.58. The Morgan fingerprint density at radius 3 is 2.81 bits per heavy atom. The fourth-order valence-corrected chi connectivity index (χ4v) is 2.50. The lowest BCUT2D eigenvalue weighted by Gasteiger charge is -2.15. The Morgan fingerprint density at radius 2 is 2.10 bits per heavy atom. The van der Waals surface area contributed by atoms with E-state index < -0.39 is 0 Å². The second-order valence-electron chi connectivity index (χ2n) is 5.25. The molecule has 3 aromatic rings. The highest BCUT2D eigenvalue weighted by Crippen LogP contribution is 2.24. The molecule has 4 nitrogen and oxygen atoms in total. The Kier molecular flexibility index (Phi) is 4.06. The summed E-state index contributed by atoms with van der Waals surface area (Å²) in [5, 5.41) is 3.51. The average Bonchev–Trinajstić information content (AvgIpc) is 3.08. The van der Waals surface area contributed by atoms with E-state index >= 15 is 0 Å². The highest BCUT2D eigenvalue weighted by Gasteiger charge is 2.20. The van der Waals surface area contributed by atoms with Gasteiger partial charge in [-0.2, -0.15) is 0 Å². The molecule has 1 atom stereocenters. The Balaban J connectivity index is 1.85. The van der Waals surface area contributed by atoms with Crippen LogP contribution in [0.1, 0.15) is 36.6 Å². The number of benzene rings is 1. The summed E-state index contributed by atoms with van der Waals surface area (Å²) in [6, 6.07) is 9.92. The Bertz CT molecular complexity index is 681. The van der Waals surface area contributed by atoms with Gasteiger partial charge in [0.2, 0.25) is 0 Å². The minimum Gasteiger partial charge on any atom is -0.467 e. The fourth-order valence-electron chi connectivity index (χ4n) is 2.50. The van der Waals surface area contributed by atoms with Gasteiger partial charge in [0.15, 0.2) is 11.5 Å². The first kappa shape index (κ1) is 13.9. The van der Waals surface area contributed by atoms with Crippen molar-refractivity contribution in [1.29, 1.82) is 0 Å². The largest absolute Gasteiger partial charge is 0.467 e. The maximum atomic E-state index is 5.82. The number of aryl methyl sites for hydroxylation is 1. The first-order valence-electron chi connectivity index (χ1n) is 7.39. The highest BCUT2D eigenvalue weighted by molar-refractivity contribution is 5.72. The van der Waals surface area contributed by atoms with E-state index in [-0.39, 0.29) is 6.04 Å². The van der Waals surface area contributed by atoms with Gasteiger partial charge in [0.25, 0.3) is 0 Å². The number of rotatable bonds is 6. The summed E-state index contributed by atoms with van der Waals surface area (Å²) in [5.74, 6) is 1.70. The van der Waals surface area contributed by atoms with Crippen molar-refractivity contribution in [1.82, 2.24) is 10.3 Å². The molecular formula is C17H20N2O2. The van der Waals surface area contributed by atoms with Gasteiger partial charge in [0.1, 0.15) is 11.3 Å². The lowest BCUT2D eigenvalue weighted by molar-refractivity contribution is 0.382. The van der Waals surface area contributed by atoms with Crippen LogP contribution in [-0.4, -0.2) is 11.5 Å². The van der Waals surface area contributed by atoms with E-state index in [0.717, 1.165) is 41.3 Å². The van der Waals surface area contributed by atoms with Crippen LogP contribution in [0, 0.1) is 6.92 Å². The molecule has 1 unspecified atom stereocenters. The second kappa shape index (κ2) is 6.14. The van der Waals surface area contributed by atoms with Gasteiger partial charge in [-0.05, 0) is 43.7 Å². The number of hydrogen-bond acceptors (Lipinski definition) is 4. The van der Waals surface area contributed by atoms with Crippen LogP contribution < -0.4 is 5.32 Å². The molecule has 1 N–H and O–H groups in total. The van der Waals surface area contributed by atoms with Gasteiger partial charge < -0.3 is 14.2 Å². The van der Waals surface area contributed by atoms with Gasteiger partial charge in [0.05, 0.1) is 12.3 Å². The van der Waals surface area contributed by atoms with Crippen LogP contribution in [-0.2, 0) is 6.42 Å². The van der Waals surface area contributed by atoms with E-state index in [2.05, 4.69) is 24.1 Å². The highest BCUT2D eigenvalue weighted by atomic mass is 16.3. The van der Waals surface area contributed by atoms with E-state index in [1.807, 2.05) is 30.3 Å². The van der Waals surface area contributed by atoms with Crippen molar-refractivity contribution < 1.29 is 8.83 Å². The van der Waals surface area contributed by atoms with Gasteiger partial charge in [-0.1, -0.05) is 19.1 Å². The molecule has 0 aliphatic carbocycles. The SMILES string of the molecule is CCCNC(Cc1nc2ccccc2o1)c1occc1C. The molecule has 0 saturated heterocycles. The third-order valence-corrected chi connectivity index (χ3v) is 3.58. The van der Waals surface area contributed by atoms with Crippen LogP contribution in [0.3, 0.4) is 0 Å². The Labute approximate surface area is 124 Å². The summed E-state index contributed by atoms with van der Waals surface area (Å²) < 4.78 is 11.5. The molecule has 3 rings (SSSR count). The molecule has 21 heavy (non-hydrogen) atoms. The van der Waals surface area contributed by atoms with Gasteiger partial charge in [0, 0.05) is 6.42 Å². The lowest BCUT2D eigenvalue weighted by Crippen LogP contribution is -2.24. The third kappa shape index (κ3) is 3.00. The molecule has 0 fully saturated rings. The van der Waals surface area contributed by atoms with E-state index in [1.165, 1.54) is 0 Å². The number of nitrogens with zero attached hydrogens (tertiary/aromatic N) is 1. The van der Waals surface area contributed by atoms with Crippen molar-refractivity contribution in [3.05, 3.63) is 53.8 Å². The van der Waals surface area contributed by atoms with E-state index in [4.69, 9.17) is 8.83 Å². The number of para-hydroxylation sites is 2. The summed E-state index contributed by atoms with van der Waals surface area (Å²) >= 11 is 0. The number of aromatic nitrogens is 1. The molecule has 0 bridgehead atoms. The summed E-state index contributed by atoms with van der Waals surface area (Å²) in [7, 11) is 0. The van der Waals surface area contributed by atoms with Gasteiger partial charge in [-0.15, -0.1) is 0 Å². The molecule has 2 heterocycles. The second-order valence-corrected chi connectivity index (χ2v) is 5.25. The predicted molar refractivity (Wildman–Crippen MR) is 82.2 cm³/mol. The number of hydrogen-bond donors (Lipinski definition) is 1. The van der Waals surface area contributed by atoms with Crippen LogP contribution in [0.5, 0.6) is 0 Å². The zero-order chi connectivity index (χ0) is 14.7. The van der Waals surface area contributed by atoms with Gasteiger partial charge >= 0.3 is 0 Å². The summed E-state index contributed by atoms with van der Waals surface area (Å²) in [6.45, 7) is 5.15. The van der Waals surface area contributed by atoms with Crippen LogP contribution in [0.4, 0.5) is 0 Å². The topological polar surface area (TPSA) is 51.2 Å². The maximum absolute atomic E-state index is 5.82. The average molecular weight is 284 g/mol. The molecule has 0 aliphatic heterocycles. The minimum atomic E-state index is 0.0908. The first-order valence-corrected chi connectivity index (χ1v) is 7.39. The zero-order valence-electron chi connectivity index (χ0n) is 12.4. The van der Waals surface area contributed by atoms with Crippen LogP contribution >= 0.6 is 0 Å². The summed E-state index contributed by atoms with van der Waals surface area (Å²) in [6.07, 6.45) is 3.49. The zero-order valence-corrected chi connectivity index (χ0v) is 12.4. The van der Waals surface area contributed by atoms with E-state index in [9.17, 15) is 0 Å². The van der Waals surface area contributed by atoms with Crippen molar-refractivity contribution in [3.8, 4) is 0 Å². The Morgan fingerprint density at radius 1 is 1.24 bits per heavy atom. The molecule has 110 valence electrons. The fraction of sp³-hybridized carbons (Fsp3) is 0.353. The van der Waals surface area contributed by atoms with E-state index in [0.29, 0.717) is 6.42 Å². The van der Waals surface area contributed by atoms with Crippen LogP contribution in [0.2, 0.25) is 0 Å². The lowest BCUT2D eigenvalue weighted by atomic mass is 10.1. The molecule has 0 saturated carbocycles. The van der Waals surface area contributed by atoms with Crippen LogP contribution in [0.25, 0.3) is 11.1 Å². The predicted octanol–water partition coefficient (Wildman–Crippen LogP) is 4.01. The number of fused-ring (bicyclic) bond motifs is 1. The molecule has 4 heteroatoms. The van der Waals surface area contributed by atoms with Crippen molar-refractivity contribution in [2.75, 3.05) is 6.54 Å². The van der Waals surface area contributed by atoms with Crippen molar-refractivity contribution in [2.24, 2.45) is 0 Å². The molecule has 0 aliphatic rings. The molecule has 0 spiro atoms. The number of nitrogens with one attached hydrogen (secondary N) is 1. The van der Waals surface area contributed by atoms with Gasteiger partial charge in [-0.3, -0.25) is 0 Å². The normalized spacial score (nSPS) is 12.9. The maximum Gasteiger partial charge on any atom is 0.197 e. The molecular weight excluding hydrogens is 264 g/mol. The monoisotopic (exact) mass is 284 g/mol. The number of oxazole rings is 1. The van der Waals surface area contributed by atoms with Crippen LogP contribution in [0.15, 0.2) is 45.4 Å². The number of furan rings is 1. The molecule has 0 amide bonds. The van der Waals surface area contributed by atoms with Crippen molar-refractivity contribution in [3.63, 3.8) is 0 Å².